The van der Waals surface area contributed by atoms with Gasteiger partial charge in [0.15, 0.2) is 0 Å². The lowest BCUT2D eigenvalue weighted by Crippen LogP contribution is -2.36. The van der Waals surface area contributed by atoms with E-state index >= 15 is 0 Å². The van der Waals surface area contributed by atoms with Crippen LogP contribution in [0.3, 0.4) is 0 Å². The number of hydrogen-bond donors (Lipinski definition) is 1. The molecule has 1 N–H and O–H groups in total. The Balaban J connectivity index is 1.81. The van der Waals surface area contributed by atoms with Crippen LogP contribution in [0.1, 0.15) is 56.0 Å². The molecular formula is C25H26F2N4O3. The van der Waals surface area contributed by atoms with Crippen LogP contribution in [0.2, 0.25) is 0 Å². The lowest BCUT2D eigenvalue weighted by molar-refractivity contribution is -0.0502. The topological polar surface area (TPSA) is 88.6 Å². The molecule has 1 aliphatic carbocycles. The highest BCUT2D eigenvalue weighted by molar-refractivity contribution is 6.01. The molecule has 0 bridgehead atoms. The first-order valence-corrected chi connectivity index (χ1v) is 11.0. The van der Waals surface area contributed by atoms with Crippen LogP contribution < -0.4 is 14.8 Å². The first-order valence-electron chi connectivity index (χ1n) is 11.0. The van der Waals surface area contributed by atoms with Crippen LogP contribution in [0, 0.1) is 11.3 Å². The molecule has 9 heteroatoms. The molecule has 7 nitrogen and oxygen atoms in total. The van der Waals surface area contributed by atoms with Crippen molar-refractivity contribution in [1.29, 1.82) is 5.26 Å². The Hall–Kier alpha value is -3.67. The Bertz CT molecular complexity index is 1290. The summed E-state index contributed by atoms with van der Waals surface area (Å²) >= 11 is 0. The third kappa shape index (κ3) is 4.28. The number of carbonyl (C=O) groups is 1. The van der Waals surface area contributed by atoms with Crippen molar-refractivity contribution in [3.05, 3.63) is 47.8 Å². The molecule has 3 aromatic rings. The molecular weight excluding hydrogens is 442 g/mol. The minimum absolute atomic E-state index is 0.0712. The van der Waals surface area contributed by atoms with Crippen molar-refractivity contribution in [3.8, 4) is 28.8 Å². The van der Waals surface area contributed by atoms with Gasteiger partial charge in [0.25, 0.3) is 5.91 Å². The Labute approximate surface area is 196 Å². The number of hydrogen-bond acceptors (Lipinski definition) is 5. The largest absolute Gasteiger partial charge is 0.496 e. The van der Waals surface area contributed by atoms with Crippen LogP contribution in [0.4, 0.5) is 8.78 Å². The van der Waals surface area contributed by atoms with Crippen molar-refractivity contribution in [1.82, 2.24) is 14.7 Å². The summed E-state index contributed by atoms with van der Waals surface area (Å²) in [5.41, 5.74) is 1.40. The van der Waals surface area contributed by atoms with Crippen LogP contribution in [0.15, 0.2) is 36.7 Å². The number of fused-ring (bicyclic) bond motifs is 1. The van der Waals surface area contributed by atoms with Crippen molar-refractivity contribution in [2.45, 2.75) is 57.6 Å². The average molecular weight is 469 g/mol. The molecule has 1 aromatic carbocycles. The predicted molar refractivity (Wildman–Crippen MR) is 122 cm³/mol. The number of ether oxygens (including phenoxy) is 2. The monoisotopic (exact) mass is 468 g/mol. The van der Waals surface area contributed by atoms with Gasteiger partial charge < -0.3 is 14.8 Å². The average Bonchev–Trinajstić information content (AvgIpc) is 3.45. The lowest BCUT2D eigenvalue weighted by Gasteiger charge is -2.20. The van der Waals surface area contributed by atoms with E-state index in [2.05, 4.69) is 16.4 Å². The predicted octanol–water partition coefficient (Wildman–Crippen LogP) is 5.08. The highest BCUT2D eigenvalue weighted by Crippen LogP contribution is 2.41. The highest BCUT2D eigenvalue weighted by Gasteiger charge is 2.43. The molecule has 1 amide bonds. The molecule has 178 valence electrons. The number of imidazole rings is 1. The lowest BCUT2D eigenvalue weighted by atomic mass is 9.87. The van der Waals surface area contributed by atoms with Gasteiger partial charge in [-0.05, 0) is 62.9 Å². The van der Waals surface area contributed by atoms with E-state index in [1.807, 2.05) is 32.9 Å². The van der Waals surface area contributed by atoms with Crippen LogP contribution in [0.5, 0.6) is 11.5 Å². The number of amides is 1. The van der Waals surface area contributed by atoms with E-state index < -0.39 is 17.9 Å². The molecule has 0 spiro atoms. The van der Waals surface area contributed by atoms with E-state index in [0.717, 1.165) is 24.8 Å². The third-order valence-electron chi connectivity index (χ3n) is 6.45. The molecule has 1 fully saturated rings. The Morgan fingerprint density at radius 3 is 2.62 bits per heavy atom. The van der Waals surface area contributed by atoms with Gasteiger partial charge >= 0.3 is 6.61 Å². The molecule has 2 heterocycles. The second kappa shape index (κ2) is 8.60. The minimum Gasteiger partial charge on any atom is -0.496 e. The van der Waals surface area contributed by atoms with Crippen LogP contribution in [-0.2, 0) is 5.41 Å². The van der Waals surface area contributed by atoms with Crippen molar-refractivity contribution in [2.75, 3.05) is 7.11 Å². The second-order valence-electron chi connectivity index (χ2n) is 9.04. The summed E-state index contributed by atoms with van der Waals surface area (Å²) in [6.45, 7) is 2.48. The number of nitrogens with one attached hydrogen (secondary N) is 1. The number of pyridine rings is 1. The maximum Gasteiger partial charge on any atom is 0.387 e. The van der Waals surface area contributed by atoms with E-state index in [1.54, 1.807) is 22.9 Å². The maximum absolute atomic E-state index is 13.3. The fourth-order valence-corrected chi connectivity index (χ4v) is 3.98. The quantitative estimate of drug-likeness (QED) is 0.498. The number of alkyl halides is 2. The van der Waals surface area contributed by atoms with Crippen molar-refractivity contribution in [3.63, 3.8) is 0 Å². The first-order chi connectivity index (χ1) is 16.1. The van der Waals surface area contributed by atoms with Gasteiger partial charge in [0.05, 0.1) is 30.5 Å². The van der Waals surface area contributed by atoms with Gasteiger partial charge in [0.2, 0.25) is 0 Å². The molecule has 0 radical (unpaired) electrons. The van der Waals surface area contributed by atoms with E-state index in [1.165, 1.54) is 13.2 Å². The van der Waals surface area contributed by atoms with Gasteiger partial charge in [-0.25, -0.2) is 4.98 Å². The molecule has 4 rings (SSSR count). The fraction of sp³-hybridized carbons (Fsp3) is 0.400. The number of benzene rings is 1. The van der Waals surface area contributed by atoms with Crippen LogP contribution in [0.25, 0.3) is 16.9 Å². The normalized spacial score (nSPS) is 14.6. The number of methoxy groups -OCH3 is 1. The zero-order valence-corrected chi connectivity index (χ0v) is 19.5. The zero-order valence-electron chi connectivity index (χ0n) is 19.5. The van der Waals surface area contributed by atoms with E-state index in [4.69, 9.17) is 9.47 Å². The summed E-state index contributed by atoms with van der Waals surface area (Å²) in [5.74, 6) is -0.666. The number of carbonyl (C=O) groups excluding carboxylic acids is 1. The van der Waals surface area contributed by atoms with E-state index in [-0.39, 0.29) is 22.6 Å². The second-order valence-corrected chi connectivity index (χ2v) is 9.04. The molecule has 0 aliphatic heterocycles. The number of halogens is 2. The summed E-state index contributed by atoms with van der Waals surface area (Å²) in [4.78, 5) is 17.5. The fourth-order valence-electron chi connectivity index (χ4n) is 3.98. The van der Waals surface area contributed by atoms with Crippen LogP contribution in [-0.4, -0.2) is 34.6 Å². The number of nitrogens with zero attached hydrogens (tertiary/aromatic N) is 3. The number of rotatable bonds is 8. The van der Waals surface area contributed by atoms with E-state index in [0.29, 0.717) is 16.9 Å². The van der Waals surface area contributed by atoms with Gasteiger partial charge in [0.1, 0.15) is 22.7 Å². The summed E-state index contributed by atoms with van der Waals surface area (Å²) < 4.78 is 38.6. The zero-order chi connectivity index (χ0) is 24.7. The highest BCUT2D eigenvalue weighted by atomic mass is 19.3. The van der Waals surface area contributed by atoms with Crippen LogP contribution >= 0.6 is 0 Å². The maximum atomic E-state index is 13.3. The van der Waals surface area contributed by atoms with Gasteiger partial charge in [-0.2, -0.15) is 14.0 Å². The molecule has 34 heavy (non-hydrogen) atoms. The summed E-state index contributed by atoms with van der Waals surface area (Å²) in [6, 6.07) is 8.89. The van der Waals surface area contributed by atoms with Gasteiger partial charge in [0, 0.05) is 17.3 Å². The molecule has 1 saturated carbocycles. The SMILES string of the molecule is CCC1(NC(=O)c2c(OC)cc(-c3cnc4cc(C(C)(C)C#N)ccn34)cc2OC(F)F)CC1. The van der Waals surface area contributed by atoms with Gasteiger partial charge in [-0.3, -0.25) is 9.20 Å². The standard InChI is InChI=1S/C25H26F2N4O3/c1-5-25(7-8-25)30-22(32)21-18(33-4)10-15(11-19(21)34-23(26)27)17-13-29-20-12-16(6-9-31(17)20)24(2,3)14-28/h6,9-13,23H,5,7-8H2,1-4H3,(H,30,32). The van der Waals surface area contributed by atoms with Crippen molar-refractivity contribution in [2.24, 2.45) is 0 Å². The first kappa shape index (κ1) is 23.5. The van der Waals surface area contributed by atoms with Crippen molar-refractivity contribution >= 4 is 11.6 Å². The Morgan fingerprint density at radius 1 is 1.32 bits per heavy atom. The Morgan fingerprint density at radius 2 is 2.03 bits per heavy atom. The molecule has 1 aliphatic rings. The number of nitriles is 1. The smallest absolute Gasteiger partial charge is 0.387 e. The molecule has 0 saturated heterocycles. The molecule has 2 aromatic heterocycles. The molecule has 0 atom stereocenters. The number of aromatic nitrogens is 2. The summed E-state index contributed by atoms with van der Waals surface area (Å²) in [7, 11) is 1.37. The van der Waals surface area contributed by atoms with Gasteiger partial charge in [-0.1, -0.05) is 6.92 Å². The molecule has 0 unspecified atom stereocenters. The van der Waals surface area contributed by atoms with Gasteiger partial charge in [-0.15, -0.1) is 0 Å². The summed E-state index contributed by atoms with van der Waals surface area (Å²) in [6.07, 6.45) is 5.79. The minimum atomic E-state index is -3.12. The third-order valence-corrected chi connectivity index (χ3v) is 6.45. The Kier molecular flexibility index (Phi) is 5.94. The van der Waals surface area contributed by atoms with Crippen molar-refractivity contribution < 1.29 is 23.0 Å². The van der Waals surface area contributed by atoms with E-state index in [9.17, 15) is 18.8 Å². The summed E-state index contributed by atoms with van der Waals surface area (Å²) in [5, 5.41) is 12.4.